The number of nitrogens with zero attached hydrogens (tertiary/aromatic N) is 1. The van der Waals surface area contributed by atoms with E-state index in [1.807, 2.05) is 13.8 Å². The van der Waals surface area contributed by atoms with Crippen LogP contribution in [0.3, 0.4) is 0 Å². The van der Waals surface area contributed by atoms with Gasteiger partial charge >= 0.3 is 11.9 Å². The summed E-state index contributed by atoms with van der Waals surface area (Å²) in [5, 5.41) is 16.2. The molecular formula is C25H39NO8. The van der Waals surface area contributed by atoms with E-state index in [9.17, 15) is 9.59 Å². The molecule has 192 valence electrons. The largest absolute Gasteiger partial charge is 0.463 e. The SMILES string of the molecule is C#CC1CCOC1COC(Cc1ccncc1)(C(=O)OCC)C(=O)OCC.CC.CC(C)(O)O. The molecule has 0 aliphatic carbocycles. The molecule has 1 fully saturated rings. The summed E-state index contributed by atoms with van der Waals surface area (Å²) in [7, 11) is 0. The van der Waals surface area contributed by atoms with E-state index in [1.165, 1.54) is 13.8 Å². The molecule has 1 aliphatic rings. The smallest absolute Gasteiger partial charge is 0.350 e. The number of carbonyl (C=O) groups excluding carboxylic acids is 2. The van der Waals surface area contributed by atoms with Crippen molar-refractivity contribution < 1.29 is 38.7 Å². The Balaban J connectivity index is 0.00000138. The van der Waals surface area contributed by atoms with Crippen molar-refractivity contribution in [1.29, 1.82) is 0 Å². The van der Waals surface area contributed by atoms with Crippen LogP contribution in [-0.4, -0.2) is 71.1 Å². The summed E-state index contributed by atoms with van der Waals surface area (Å²) in [6, 6.07) is 3.40. The molecule has 1 saturated heterocycles. The van der Waals surface area contributed by atoms with Gasteiger partial charge in [0.15, 0.2) is 5.79 Å². The van der Waals surface area contributed by atoms with E-state index in [0.29, 0.717) is 18.6 Å². The fraction of sp³-hybridized carbons (Fsp3) is 0.640. The van der Waals surface area contributed by atoms with Gasteiger partial charge in [-0.2, -0.15) is 0 Å². The number of esters is 2. The van der Waals surface area contributed by atoms with Crippen molar-refractivity contribution in [3.05, 3.63) is 30.1 Å². The van der Waals surface area contributed by atoms with Crippen LogP contribution in [0.15, 0.2) is 24.5 Å². The van der Waals surface area contributed by atoms with Crippen molar-refractivity contribution in [3.8, 4) is 12.3 Å². The zero-order valence-electron chi connectivity index (χ0n) is 21.1. The van der Waals surface area contributed by atoms with E-state index in [1.54, 1.807) is 38.4 Å². The highest BCUT2D eigenvalue weighted by Gasteiger charge is 2.51. The summed E-state index contributed by atoms with van der Waals surface area (Å²) in [4.78, 5) is 29.5. The third kappa shape index (κ3) is 11.1. The maximum absolute atomic E-state index is 12.8. The topological polar surface area (TPSA) is 124 Å². The molecular weight excluding hydrogens is 442 g/mol. The zero-order valence-corrected chi connectivity index (χ0v) is 21.1. The Morgan fingerprint density at radius 2 is 1.65 bits per heavy atom. The van der Waals surface area contributed by atoms with Crippen LogP contribution in [-0.2, 0) is 35.0 Å². The molecule has 1 aliphatic heterocycles. The number of ether oxygens (including phenoxy) is 4. The van der Waals surface area contributed by atoms with Gasteiger partial charge in [-0.3, -0.25) is 4.98 Å². The van der Waals surface area contributed by atoms with Crippen LogP contribution in [0, 0.1) is 18.3 Å². The highest BCUT2D eigenvalue weighted by molar-refractivity contribution is 6.04. The van der Waals surface area contributed by atoms with Gasteiger partial charge in [-0.1, -0.05) is 13.8 Å². The molecule has 9 nitrogen and oxygen atoms in total. The van der Waals surface area contributed by atoms with Gasteiger partial charge in [0, 0.05) is 25.4 Å². The highest BCUT2D eigenvalue weighted by Crippen LogP contribution is 2.27. The van der Waals surface area contributed by atoms with Gasteiger partial charge in [-0.25, -0.2) is 9.59 Å². The molecule has 2 N–H and O–H groups in total. The zero-order chi connectivity index (χ0) is 26.2. The summed E-state index contributed by atoms with van der Waals surface area (Å²) in [6.45, 7) is 10.6. The van der Waals surface area contributed by atoms with Crippen LogP contribution < -0.4 is 0 Å². The number of carbonyl (C=O) groups is 2. The van der Waals surface area contributed by atoms with Crippen LogP contribution in [0.25, 0.3) is 0 Å². The van der Waals surface area contributed by atoms with E-state index in [2.05, 4.69) is 10.9 Å². The van der Waals surface area contributed by atoms with Gasteiger partial charge in [-0.05, 0) is 51.8 Å². The Kier molecular flexibility index (Phi) is 15.0. The number of rotatable bonds is 9. The Hall–Kier alpha value is -2.51. The first-order valence-corrected chi connectivity index (χ1v) is 11.5. The molecule has 34 heavy (non-hydrogen) atoms. The first-order valence-electron chi connectivity index (χ1n) is 11.5. The molecule has 0 aromatic carbocycles. The van der Waals surface area contributed by atoms with Crippen LogP contribution in [0.4, 0.5) is 0 Å². The lowest BCUT2D eigenvalue weighted by atomic mass is 9.94. The first kappa shape index (κ1) is 31.5. The average molecular weight is 482 g/mol. The van der Waals surface area contributed by atoms with E-state index in [4.69, 9.17) is 35.6 Å². The third-order valence-corrected chi connectivity index (χ3v) is 4.33. The molecule has 1 aromatic heterocycles. The minimum absolute atomic E-state index is 0.0163. The van der Waals surface area contributed by atoms with Gasteiger partial charge in [-0.15, -0.1) is 12.3 Å². The minimum atomic E-state index is -1.93. The van der Waals surface area contributed by atoms with Crippen LogP contribution >= 0.6 is 0 Å². The Morgan fingerprint density at radius 1 is 1.15 bits per heavy atom. The van der Waals surface area contributed by atoms with Crippen molar-refractivity contribution in [2.75, 3.05) is 26.4 Å². The Morgan fingerprint density at radius 3 is 2.09 bits per heavy atom. The van der Waals surface area contributed by atoms with E-state index < -0.39 is 29.4 Å². The predicted molar refractivity (Wildman–Crippen MR) is 126 cm³/mol. The number of terminal acetylenes is 1. The van der Waals surface area contributed by atoms with Crippen LogP contribution in [0.5, 0.6) is 0 Å². The van der Waals surface area contributed by atoms with Gasteiger partial charge in [0.05, 0.1) is 31.8 Å². The first-order chi connectivity index (χ1) is 16.1. The molecule has 0 saturated carbocycles. The summed E-state index contributed by atoms with van der Waals surface area (Å²) in [6.07, 6.45) is 8.95. The van der Waals surface area contributed by atoms with Gasteiger partial charge < -0.3 is 29.2 Å². The Bertz CT molecular complexity index is 730. The fourth-order valence-corrected chi connectivity index (χ4v) is 2.91. The molecule has 2 atom stereocenters. The van der Waals surface area contributed by atoms with Gasteiger partial charge in [0.2, 0.25) is 0 Å². The van der Waals surface area contributed by atoms with Crippen molar-refractivity contribution in [2.45, 2.75) is 71.9 Å². The standard InChI is InChI=1S/C20H25NO6.C3H8O2.C2H6/c1-4-16-9-12-26-17(16)14-27-20(18(22)24-5-2,19(23)25-6-3)13-15-7-10-21-11-8-15;1-3(2,4)5;1-2/h1,7-8,10-11,16-17H,5-6,9,12-14H2,2-3H3;4-5H,1-2H3;1-2H3. The lowest BCUT2D eigenvalue weighted by molar-refractivity contribution is -0.194. The van der Waals surface area contributed by atoms with Crippen LogP contribution in [0.2, 0.25) is 0 Å². The second kappa shape index (κ2) is 16.2. The highest BCUT2D eigenvalue weighted by atomic mass is 16.6. The summed E-state index contributed by atoms with van der Waals surface area (Å²) < 4.78 is 21.8. The number of aliphatic hydroxyl groups is 2. The number of hydrogen-bond donors (Lipinski definition) is 2. The van der Waals surface area contributed by atoms with Crippen molar-refractivity contribution >= 4 is 11.9 Å². The fourth-order valence-electron chi connectivity index (χ4n) is 2.91. The predicted octanol–water partition coefficient (Wildman–Crippen LogP) is 2.28. The van der Waals surface area contributed by atoms with Gasteiger partial charge in [0.25, 0.3) is 5.60 Å². The van der Waals surface area contributed by atoms with E-state index in [0.717, 1.165) is 0 Å². The summed E-state index contributed by atoms with van der Waals surface area (Å²) >= 11 is 0. The lowest BCUT2D eigenvalue weighted by Crippen LogP contribution is -2.54. The summed E-state index contributed by atoms with van der Waals surface area (Å²) in [5.41, 5.74) is -1.25. The molecule has 2 heterocycles. The second-order valence-corrected chi connectivity index (χ2v) is 7.58. The molecule has 2 unspecified atom stereocenters. The molecule has 9 heteroatoms. The van der Waals surface area contributed by atoms with Crippen molar-refractivity contribution in [3.63, 3.8) is 0 Å². The average Bonchev–Trinajstić information content (AvgIpc) is 3.25. The molecule has 0 bridgehead atoms. The van der Waals surface area contributed by atoms with E-state index >= 15 is 0 Å². The van der Waals surface area contributed by atoms with Gasteiger partial charge in [0.1, 0.15) is 0 Å². The third-order valence-electron chi connectivity index (χ3n) is 4.33. The maximum Gasteiger partial charge on any atom is 0.350 e. The normalized spacial score (nSPS) is 17.3. The number of hydrogen-bond acceptors (Lipinski definition) is 9. The lowest BCUT2D eigenvalue weighted by Gasteiger charge is -2.30. The van der Waals surface area contributed by atoms with E-state index in [-0.39, 0.29) is 32.2 Å². The molecule has 1 aromatic rings. The quantitative estimate of drug-likeness (QED) is 0.236. The summed E-state index contributed by atoms with van der Waals surface area (Å²) in [5.74, 6) is -0.560. The second-order valence-electron chi connectivity index (χ2n) is 7.58. The molecule has 2 rings (SSSR count). The maximum atomic E-state index is 12.8. The minimum Gasteiger partial charge on any atom is -0.463 e. The molecule has 0 amide bonds. The molecule has 0 radical (unpaired) electrons. The van der Waals surface area contributed by atoms with Crippen LogP contribution in [0.1, 0.15) is 53.5 Å². The number of pyridine rings is 1. The molecule has 0 spiro atoms. The van der Waals surface area contributed by atoms with Crippen molar-refractivity contribution in [2.24, 2.45) is 5.92 Å². The monoisotopic (exact) mass is 481 g/mol. The Labute approximate surface area is 202 Å². The number of aromatic nitrogens is 1. The van der Waals surface area contributed by atoms with Crippen molar-refractivity contribution in [1.82, 2.24) is 4.98 Å².